The van der Waals surface area contributed by atoms with Crippen molar-refractivity contribution in [2.24, 2.45) is 0 Å². The second-order valence-electron chi connectivity index (χ2n) is 3.04. The van der Waals surface area contributed by atoms with E-state index in [0.29, 0.717) is 0 Å². The Bertz CT molecular complexity index is 382. The third-order valence-corrected chi connectivity index (χ3v) is 1.91. The molecule has 2 nitrogen and oxygen atoms in total. The minimum atomic E-state index is -5.47. The normalized spacial score (nSPS) is 12.5. The van der Waals surface area contributed by atoms with Gasteiger partial charge in [0.05, 0.1) is 0 Å². The molecule has 0 unspecified atom stereocenters. The summed E-state index contributed by atoms with van der Waals surface area (Å²) in [6.07, 6.45) is -4.92. The summed E-state index contributed by atoms with van der Waals surface area (Å²) >= 11 is 0. The zero-order valence-electron chi connectivity index (χ0n) is 8.74. The Kier molecular flexibility index (Phi) is 5.16. The Labute approximate surface area is 130 Å². The van der Waals surface area contributed by atoms with Crippen LogP contribution in [-0.2, 0) is 6.30 Å². The molecule has 0 saturated heterocycles. The third kappa shape index (κ3) is 3.25. The average Bonchev–Trinajstić information content (AvgIpc) is 2.22. The van der Waals surface area contributed by atoms with Gasteiger partial charge in [0.1, 0.15) is 0 Å². The van der Waals surface area contributed by atoms with Gasteiger partial charge < -0.3 is 12.9 Å². The summed E-state index contributed by atoms with van der Waals surface area (Å²) in [7, 11) is 0. The van der Waals surface area contributed by atoms with Gasteiger partial charge in [-0.3, -0.25) is 0 Å². The van der Waals surface area contributed by atoms with E-state index in [1.165, 1.54) is 0 Å². The summed E-state index contributed by atoms with van der Waals surface area (Å²) in [5.41, 5.74) is -2.85. The Morgan fingerprint density at radius 3 is 1.75 bits per heavy atom. The van der Waals surface area contributed by atoms with E-state index in [1.807, 2.05) is 0 Å². The fraction of sp³-hybridized carbons (Fsp3) is 0.500. The monoisotopic (exact) mass is 270 g/mol. The number of hydrogen-bond donors (Lipinski definition) is 0. The van der Waals surface area contributed by atoms with Crippen LogP contribution in [0.25, 0.3) is 0 Å². The molecule has 0 aliphatic rings. The topological polar surface area (TPSA) is 17.8 Å². The zero-order valence-corrected chi connectivity index (χ0v) is 11.9. The van der Waals surface area contributed by atoms with Gasteiger partial charge in [-0.1, -0.05) is 5.46 Å². The van der Waals surface area contributed by atoms with Crippen molar-refractivity contribution in [3.05, 3.63) is 11.4 Å². The summed E-state index contributed by atoms with van der Waals surface area (Å²) in [6.45, 7) is -3.82. The Balaban J connectivity index is 0.00000225. The van der Waals surface area contributed by atoms with E-state index >= 15 is 0 Å². The largest absolute Gasteiger partial charge is 1.00 e. The standard InChI is InChI=1S/C6H6BF6N2.K/c1-3-5(7(11,12)13)4(2)15(14-3)6(8,9)10;/h1-2H3;/q-1;+1. The van der Waals surface area contributed by atoms with Gasteiger partial charge in [-0.05, 0) is 13.8 Å². The van der Waals surface area contributed by atoms with Crippen molar-refractivity contribution in [2.75, 3.05) is 0 Å². The van der Waals surface area contributed by atoms with Crippen molar-refractivity contribution >= 4 is 12.4 Å². The molecule has 0 aliphatic heterocycles. The van der Waals surface area contributed by atoms with Crippen LogP contribution in [0.1, 0.15) is 11.4 Å². The van der Waals surface area contributed by atoms with Gasteiger partial charge in [0.25, 0.3) is 0 Å². The molecule has 0 N–H and O–H groups in total. The van der Waals surface area contributed by atoms with Gasteiger partial charge in [-0.25, -0.2) is 0 Å². The maximum atomic E-state index is 12.4. The van der Waals surface area contributed by atoms with Crippen molar-refractivity contribution in [1.29, 1.82) is 0 Å². The molecule has 1 aromatic heterocycles. The van der Waals surface area contributed by atoms with Crippen LogP contribution in [0.2, 0.25) is 0 Å². The molecule has 0 atom stereocenters. The summed E-state index contributed by atoms with van der Waals surface area (Å²) in [5, 5.41) is 2.84. The van der Waals surface area contributed by atoms with E-state index in [-0.39, 0.29) is 51.4 Å². The van der Waals surface area contributed by atoms with Crippen molar-refractivity contribution in [2.45, 2.75) is 20.1 Å². The number of aryl methyl sites for hydroxylation is 1. The Morgan fingerprint density at radius 1 is 1.12 bits per heavy atom. The molecule has 0 bridgehead atoms. The maximum Gasteiger partial charge on any atom is 1.00 e. The summed E-state index contributed by atoms with van der Waals surface area (Å²) < 4.78 is 73.0. The second kappa shape index (κ2) is 5.01. The molecule has 1 heterocycles. The minimum Gasteiger partial charge on any atom is -0.445 e. The minimum absolute atomic E-state index is 0. The number of halogens is 6. The molecule has 1 rings (SSSR count). The molecule has 0 amide bonds. The first-order valence-corrected chi connectivity index (χ1v) is 3.88. The van der Waals surface area contributed by atoms with E-state index in [9.17, 15) is 26.1 Å². The molecular weight excluding hydrogens is 264 g/mol. The fourth-order valence-electron chi connectivity index (χ4n) is 1.38. The maximum absolute atomic E-state index is 12.4. The Morgan fingerprint density at radius 2 is 1.56 bits per heavy atom. The van der Waals surface area contributed by atoms with E-state index in [2.05, 4.69) is 5.10 Å². The fourth-order valence-corrected chi connectivity index (χ4v) is 1.38. The van der Waals surface area contributed by atoms with Crippen molar-refractivity contribution < 1.29 is 77.5 Å². The zero-order chi connectivity index (χ0) is 12.0. The van der Waals surface area contributed by atoms with E-state index < -0.39 is 34.8 Å². The molecule has 0 aliphatic carbocycles. The van der Waals surface area contributed by atoms with Gasteiger partial charge in [-0.2, -0.15) is 9.78 Å². The molecular formula is C6H6BF6KN2. The molecule has 1 aromatic rings. The second-order valence-corrected chi connectivity index (χ2v) is 3.04. The van der Waals surface area contributed by atoms with Crippen LogP contribution in [0.5, 0.6) is 0 Å². The summed E-state index contributed by atoms with van der Waals surface area (Å²) in [5.74, 6) is 0. The van der Waals surface area contributed by atoms with Gasteiger partial charge in [-0.15, -0.1) is 13.2 Å². The van der Waals surface area contributed by atoms with Gasteiger partial charge >= 0.3 is 64.7 Å². The van der Waals surface area contributed by atoms with E-state index in [1.54, 1.807) is 0 Å². The molecule has 0 fully saturated rings. The summed E-state index contributed by atoms with van der Waals surface area (Å²) in [6, 6.07) is 0. The molecule has 16 heavy (non-hydrogen) atoms. The molecule has 0 spiro atoms. The number of hydrogen-bond acceptors (Lipinski definition) is 1. The van der Waals surface area contributed by atoms with Gasteiger partial charge in [0.15, 0.2) is 0 Å². The van der Waals surface area contributed by atoms with Crippen LogP contribution in [0.15, 0.2) is 0 Å². The van der Waals surface area contributed by atoms with E-state index in [0.717, 1.165) is 13.8 Å². The first kappa shape index (κ1) is 16.5. The Hall–Kier alpha value is 0.491. The number of rotatable bonds is 1. The van der Waals surface area contributed by atoms with Crippen molar-refractivity contribution in [3.63, 3.8) is 0 Å². The smallest absolute Gasteiger partial charge is 0.445 e. The van der Waals surface area contributed by atoms with Crippen LogP contribution >= 0.6 is 0 Å². The SMILES string of the molecule is Cc1nn(C(F)(F)F)c(C)c1[B-](F)(F)F.[K+]. The van der Waals surface area contributed by atoms with Crippen LogP contribution in [-0.4, -0.2) is 16.8 Å². The molecule has 0 radical (unpaired) electrons. The van der Waals surface area contributed by atoms with Crippen LogP contribution in [0.4, 0.5) is 26.1 Å². The van der Waals surface area contributed by atoms with Crippen LogP contribution in [0.3, 0.4) is 0 Å². The molecule has 0 aromatic carbocycles. The summed E-state index contributed by atoms with van der Waals surface area (Å²) in [4.78, 5) is 0. The average molecular weight is 270 g/mol. The predicted octanol–water partition coefficient (Wildman–Crippen LogP) is -0.965. The third-order valence-electron chi connectivity index (χ3n) is 1.91. The predicted molar refractivity (Wildman–Crippen MR) is 41.7 cm³/mol. The van der Waals surface area contributed by atoms with Crippen molar-refractivity contribution in [1.82, 2.24) is 9.78 Å². The quantitative estimate of drug-likeness (QED) is 0.474. The van der Waals surface area contributed by atoms with Crippen LogP contribution in [0, 0.1) is 13.8 Å². The van der Waals surface area contributed by atoms with E-state index in [4.69, 9.17) is 0 Å². The number of alkyl halides is 3. The first-order chi connectivity index (χ1) is 6.55. The van der Waals surface area contributed by atoms with Crippen LogP contribution < -0.4 is 56.8 Å². The molecule has 86 valence electrons. The van der Waals surface area contributed by atoms with Gasteiger partial charge in [0.2, 0.25) is 0 Å². The van der Waals surface area contributed by atoms with Gasteiger partial charge in [0, 0.05) is 11.4 Å². The molecule has 0 saturated carbocycles. The first-order valence-electron chi connectivity index (χ1n) is 3.88. The molecule has 10 heteroatoms. The number of aromatic nitrogens is 2. The number of nitrogens with zero attached hydrogens (tertiary/aromatic N) is 2. The van der Waals surface area contributed by atoms with Crippen molar-refractivity contribution in [3.8, 4) is 0 Å².